The number of alkyl carbamates (subject to hydrolysis) is 1. The van der Waals surface area contributed by atoms with Gasteiger partial charge in [0.05, 0.1) is 6.42 Å². The van der Waals surface area contributed by atoms with Gasteiger partial charge in [0.25, 0.3) is 0 Å². The lowest BCUT2D eigenvalue weighted by Gasteiger charge is -2.23. The van der Waals surface area contributed by atoms with E-state index in [4.69, 9.17) is 9.84 Å². The van der Waals surface area contributed by atoms with Gasteiger partial charge in [0.1, 0.15) is 5.60 Å². The number of carboxylic acids is 1. The summed E-state index contributed by atoms with van der Waals surface area (Å²) < 4.78 is 5.13. The summed E-state index contributed by atoms with van der Waals surface area (Å²) in [7, 11) is 0. The van der Waals surface area contributed by atoms with Gasteiger partial charge in [-0.2, -0.15) is 0 Å². The number of nitrogens with one attached hydrogen (secondary N) is 2. The van der Waals surface area contributed by atoms with Crippen molar-refractivity contribution in [2.24, 2.45) is 5.92 Å². The molecule has 0 radical (unpaired) electrons. The van der Waals surface area contributed by atoms with Crippen molar-refractivity contribution in [2.75, 3.05) is 13.1 Å². The topological polar surface area (TPSA) is 87.7 Å². The number of hydrogen-bond acceptors (Lipinski definition) is 4. The number of carbonyl (C=O) groups excluding carboxylic acids is 1. The van der Waals surface area contributed by atoms with E-state index >= 15 is 0 Å². The van der Waals surface area contributed by atoms with Crippen LogP contribution in [-0.2, 0) is 9.53 Å². The summed E-state index contributed by atoms with van der Waals surface area (Å²) in [6, 6.07) is -0.180. The van der Waals surface area contributed by atoms with Gasteiger partial charge in [0, 0.05) is 25.0 Å². The highest BCUT2D eigenvalue weighted by atomic mass is 16.6. The van der Waals surface area contributed by atoms with E-state index in [0.717, 1.165) is 0 Å². The van der Waals surface area contributed by atoms with Crippen molar-refractivity contribution in [1.82, 2.24) is 10.6 Å². The lowest BCUT2D eigenvalue weighted by Crippen LogP contribution is -2.43. The highest BCUT2D eigenvalue weighted by Crippen LogP contribution is 2.14. The van der Waals surface area contributed by atoms with Gasteiger partial charge in [-0.05, 0) is 20.8 Å². The van der Waals surface area contributed by atoms with Crippen LogP contribution in [0.4, 0.5) is 4.79 Å². The van der Waals surface area contributed by atoms with Crippen molar-refractivity contribution in [3.05, 3.63) is 0 Å². The Kier molecular flexibility index (Phi) is 4.34. The predicted octanol–water partition coefficient (Wildman–Crippen LogP) is 0.574. The Hall–Kier alpha value is -1.30. The van der Waals surface area contributed by atoms with Crippen LogP contribution in [0.5, 0.6) is 0 Å². The van der Waals surface area contributed by atoms with Crippen LogP contribution in [0.2, 0.25) is 0 Å². The minimum absolute atomic E-state index is 0.0491. The average molecular weight is 244 g/mol. The first-order valence-electron chi connectivity index (χ1n) is 5.70. The summed E-state index contributed by atoms with van der Waals surface area (Å²) in [5.41, 5.74) is -0.543. The molecule has 0 aromatic rings. The first-order valence-corrected chi connectivity index (χ1v) is 5.70. The van der Waals surface area contributed by atoms with E-state index in [0.29, 0.717) is 13.1 Å². The van der Waals surface area contributed by atoms with Crippen molar-refractivity contribution < 1.29 is 19.4 Å². The van der Waals surface area contributed by atoms with Crippen molar-refractivity contribution in [1.29, 1.82) is 0 Å². The predicted molar refractivity (Wildman–Crippen MR) is 61.8 cm³/mol. The molecule has 1 rings (SSSR count). The highest BCUT2D eigenvalue weighted by Gasteiger charge is 2.31. The number of amides is 1. The second-order valence-electron chi connectivity index (χ2n) is 5.27. The van der Waals surface area contributed by atoms with Gasteiger partial charge in [0.15, 0.2) is 0 Å². The van der Waals surface area contributed by atoms with E-state index in [2.05, 4.69) is 10.6 Å². The first-order chi connectivity index (χ1) is 7.78. The Morgan fingerprint density at radius 1 is 1.41 bits per heavy atom. The summed E-state index contributed by atoms with van der Waals surface area (Å²) in [5, 5.41) is 14.5. The second-order valence-corrected chi connectivity index (χ2v) is 5.27. The van der Waals surface area contributed by atoms with E-state index in [1.54, 1.807) is 20.8 Å². The molecule has 3 N–H and O–H groups in total. The largest absolute Gasteiger partial charge is 0.481 e. The van der Waals surface area contributed by atoms with Crippen molar-refractivity contribution in [3.8, 4) is 0 Å². The standard InChI is InChI=1S/C11H20N2O4/c1-11(2,3)17-10(16)13-8-6-12-5-7(8)4-9(14)15/h7-8,12H,4-6H2,1-3H3,(H,13,16)(H,14,15). The molecule has 1 saturated heterocycles. The highest BCUT2D eigenvalue weighted by molar-refractivity contribution is 5.69. The minimum atomic E-state index is -0.852. The number of aliphatic carboxylic acids is 1. The minimum Gasteiger partial charge on any atom is -0.481 e. The Labute approximate surface area is 101 Å². The second kappa shape index (κ2) is 5.35. The normalized spacial score (nSPS) is 24.4. The van der Waals surface area contributed by atoms with Crippen molar-refractivity contribution in [3.63, 3.8) is 0 Å². The Bertz CT molecular complexity index is 298. The molecule has 1 fully saturated rings. The van der Waals surface area contributed by atoms with E-state index < -0.39 is 17.7 Å². The van der Waals surface area contributed by atoms with Crippen LogP contribution in [0.1, 0.15) is 27.2 Å². The molecule has 6 heteroatoms. The van der Waals surface area contributed by atoms with Crippen molar-refractivity contribution in [2.45, 2.75) is 38.8 Å². The molecule has 1 amide bonds. The van der Waals surface area contributed by atoms with Gasteiger partial charge in [-0.15, -0.1) is 0 Å². The smallest absolute Gasteiger partial charge is 0.407 e. The maximum absolute atomic E-state index is 11.5. The van der Waals surface area contributed by atoms with E-state index in [1.165, 1.54) is 0 Å². The quantitative estimate of drug-likeness (QED) is 0.675. The summed E-state index contributed by atoms with van der Waals surface area (Å²) in [6.45, 7) is 6.54. The fourth-order valence-electron chi connectivity index (χ4n) is 1.80. The molecule has 0 aliphatic carbocycles. The van der Waals surface area contributed by atoms with Gasteiger partial charge in [-0.1, -0.05) is 0 Å². The first kappa shape index (κ1) is 13.8. The molecule has 0 spiro atoms. The summed E-state index contributed by atoms with van der Waals surface area (Å²) >= 11 is 0. The molecular weight excluding hydrogens is 224 g/mol. The van der Waals surface area contributed by atoms with Gasteiger partial charge in [-0.25, -0.2) is 4.79 Å². The van der Waals surface area contributed by atoms with Gasteiger partial charge in [-0.3, -0.25) is 4.79 Å². The average Bonchev–Trinajstić information content (AvgIpc) is 2.47. The van der Waals surface area contributed by atoms with Crippen LogP contribution < -0.4 is 10.6 Å². The summed E-state index contributed by atoms with van der Waals surface area (Å²) in [6.07, 6.45) is -0.449. The monoisotopic (exact) mass is 244 g/mol. The Balaban J connectivity index is 2.44. The molecule has 1 heterocycles. The lowest BCUT2D eigenvalue weighted by atomic mass is 10.0. The zero-order chi connectivity index (χ0) is 13.1. The molecular formula is C11H20N2O4. The fourth-order valence-corrected chi connectivity index (χ4v) is 1.80. The molecule has 2 atom stereocenters. The number of ether oxygens (including phenoxy) is 1. The number of hydrogen-bond donors (Lipinski definition) is 3. The third-order valence-electron chi connectivity index (χ3n) is 2.48. The van der Waals surface area contributed by atoms with Gasteiger partial charge < -0.3 is 20.5 Å². The molecule has 0 aromatic carbocycles. The maximum atomic E-state index is 11.5. The SMILES string of the molecule is CC(C)(C)OC(=O)NC1CNCC1CC(=O)O. The fraction of sp³-hybridized carbons (Fsp3) is 0.818. The molecule has 17 heavy (non-hydrogen) atoms. The zero-order valence-electron chi connectivity index (χ0n) is 10.4. The van der Waals surface area contributed by atoms with Crippen LogP contribution in [0.25, 0.3) is 0 Å². The number of carboxylic acid groups (broad SMARTS) is 1. The third kappa shape index (κ3) is 5.04. The summed E-state index contributed by atoms with van der Waals surface area (Å²) in [4.78, 5) is 22.2. The van der Waals surface area contributed by atoms with E-state index in [1.807, 2.05) is 0 Å². The molecule has 2 unspecified atom stereocenters. The molecule has 98 valence electrons. The molecule has 1 aliphatic rings. The van der Waals surface area contributed by atoms with E-state index in [9.17, 15) is 9.59 Å². The molecule has 0 bridgehead atoms. The van der Waals surface area contributed by atoms with Crippen LogP contribution >= 0.6 is 0 Å². The van der Waals surface area contributed by atoms with E-state index in [-0.39, 0.29) is 18.4 Å². The van der Waals surface area contributed by atoms with Crippen molar-refractivity contribution >= 4 is 12.1 Å². The lowest BCUT2D eigenvalue weighted by molar-refractivity contribution is -0.138. The maximum Gasteiger partial charge on any atom is 0.407 e. The molecule has 0 aromatic heterocycles. The number of carbonyl (C=O) groups is 2. The van der Waals surface area contributed by atoms with Crippen LogP contribution in [0.3, 0.4) is 0 Å². The Morgan fingerprint density at radius 2 is 2.06 bits per heavy atom. The summed E-state index contributed by atoms with van der Waals surface area (Å²) in [5.74, 6) is -0.935. The molecule has 0 saturated carbocycles. The van der Waals surface area contributed by atoms with Crippen LogP contribution in [-0.4, -0.2) is 41.9 Å². The molecule has 1 aliphatic heterocycles. The Morgan fingerprint density at radius 3 is 2.59 bits per heavy atom. The zero-order valence-corrected chi connectivity index (χ0v) is 10.4. The third-order valence-corrected chi connectivity index (χ3v) is 2.48. The van der Waals surface area contributed by atoms with Crippen LogP contribution in [0.15, 0.2) is 0 Å². The van der Waals surface area contributed by atoms with Gasteiger partial charge in [0.2, 0.25) is 0 Å². The van der Waals surface area contributed by atoms with Gasteiger partial charge >= 0.3 is 12.1 Å². The number of rotatable bonds is 3. The van der Waals surface area contributed by atoms with Crippen LogP contribution in [0, 0.1) is 5.92 Å². The molecule has 6 nitrogen and oxygen atoms in total.